The molecule has 1 aromatic heterocycles. The SMILES string of the molecule is CCN(CC)C(=O)Cn1c(CCl)nc2cc(I)ccc21. The number of hydrogen-bond donors (Lipinski definition) is 0. The van der Waals surface area contributed by atoms with Crippen LogP contribution in [0.15, 0.2) is 18.2 Å². The van der Waals surface area contributed by atoms with Crippen LogP contribution >= 0.6 is 34.2 Å². The molecular formula is C14H17ClIN3O. The summed E-state index contributed by atoms with van der Waals surface area (Å²) in [6.45, 7) is 5.70. The van der Waals surface area contributed by atoms with E-state index in [0.717, 1.165) is 33.5 Å². The van der Waals surface area contributed by atoms with Crippen LogP contribution in [0.4, 0.5) is 0 Å². The predicted octanol–water partition coefficient (Wildman–Crippen LogP) is 3.25. The van der Waals surface area contributed by atoms with Crippen LogP contribution in [0.25, 0.3) is 11.0 Å². The zero-order valence-corrected chi connectivity index (χ0v) is 14.5. The van der Waals surface area contributed by atoms with Crippen LogP contribution in [-0.4, -0.2) is 33.4 Å². The summed E-state index contributed by atoms with van der Waals surface area (Å²) in [5.74, 6) is 1.14. The van der Waals surface area contributed by atoms with Crippen molar-refractivity contribution in [2.75, 3.05) is 13.1 Å². The van der Waals surface area contributed by atoms with E-state index in [4.69, 9.17) is 11.6 Å². The molecule has 0 aliphatic carbocycles. The molecule has 0 atom stereocenters. The second-order valence-corrected chi connectivity index (χ2v) is 5.96. The van der Waals surface area contributed by atoms with E-state index < -0.39 is 0 Å². The largest absolute Gasteiger partial charge is 0.342 e. The molecule has 0 aliphatic rings. The lowest BCUT2D eigenvalue weighted by atomic mass is 10.3. The Balaban J connectivity index is 2.40. The van der Waals surface area contributed by atoms with Gasteiger partial charge in [0.15, 0.2) is 0 Å². The van der Waals surface area contributed by atoms with Crippen molar-refractivity contribution in [1.82, 2.24) is 14.5 Å². The Morgan fingerprint density at radius 1 is 1.40 bits per heavy atom. The molecule has 0 N–H and O–H groups in total. The van der Waals surface area contributed by atoms with E-state index in [1.807, 2.05) is 41.5 Å². The van der Waals surface area contributed by atoms with Gasteiger partial charge in [0.2, 0.25) is 5.91 Å². The minimum Gasteiger partial charge on any atom is -0.342 e. The number of hydrogen-bond acceptors (Lipinski definition) is 2. The topological polar surface area (TPSA) is 38.1 Å². The number of rotatable bonds is 5. The number of nitrogens with zero attached hydrogens (tertiary/aromatic N) is 3. The van der Waals surface area contributed by atoms with Crippen molar-refractivity contribution in [3.8, 4) is 0 Å². The van der Waals surface area contributed by atoms with Crippen molar-refractivity contribution in [2.45, 2.75) is 26.3 Å². The number of halogens is 2. The maximum atomic E-state index is 12.3. The minimum absolute atomic E-state index is 0.0965. The maximum absolute atomic E-state index is 12.3. The smallest absolute Gasteiger partial charge is 0.242 e. The average Bonchev–Trinajstić information content (AvgIpc) is 2.77. The first-order chi connectivity index (χ1) is 9.60. The van der Waals surface area contributed by atoms with Gasteiger partial charge in [-0.3, -0.25) is 4.79 Å². The summed E-state index contributed by atoms with van der Waals surface area (Å²) in [6.07, 6.45) is 0. The Morgan fingerprint density at radius 2 is 2.10 bits per heavy atom. The highest BCUT2D eigenvalue weighted by atomic mass is 127. The van der Waals surface area contributed by atoms with Gasteiger partial charge >= 0.3 is 0 Å². The van der Waals surface area contributed by atoms with E-state index in [1.165, 1.54) is 0 Å². The van der Waals surface area contributed by atoms with Gasteiger partial charge in [-0.1, -0.05) is 0 Å². The third-order valence-corrected chi connectivity index (χ3v) is 4.23. The Hall–Kier alpha value is -0.820. The molecule has 108 valence electrons. The van der Waals surface area contributed by atoms with Gasteiger partial charge in [-0.05, 0) is 54.6 Å². The predicted molar refractivity (Wildman–Crippen MR) is 89.9 cm³/mol. The fourth-order valence-electron chi connectivity index (χ4n) is 2.24. The molecule has 0 aliphatic heterocycles. The molecule has 1 amide bonds. The van der Waals surface area contributed by atoms with Crippen molar-refractivity contribution < 1.29 is 4.79 Å². The Kier molecular flexibility index (Phi) is 5.26. The molecule has 6 heteroatoms. The van der Waals surface area contributed by atoms with E-state index in [2.05, 4.69) is 27.6 Å². The molecule has 0 fully saturated rings. The van der Waals surface area contributed by atoms with Crippen molar-refractivity contribution in [3.63, 3.8) is 0 Å². The minimum atomic E-state index is 0.0965. The molecule has 0 bridgehead atoms. The quantitative estimate of drug-likeness (QED) is 0.566. The fourth-order valence-corrected chi connectivity index (χ4v) is 2.92. The third kappa shape index (κ3) is 3.09. The van der Waals surface area contributed by atoms with E-state index in [0.29, 0.717) is 12.4 Å². The van der Waals surface area contributed by atoms with Crippen LogP contribution in [0.2, 0.25) is 0 Å². The number of imidazole rings is 1. The van der Waals surface area contributed by atoms with Gasteiger partial charge < -0.3 is 9.47 Å². The summed E-state index contributed by atoms with van der Waals surface area (Å²) >= 11 is 8.22. The van der Waals surface area contributed by atoms with Crippen LogP contribution < -0.4 is 0 Å². The van der Waals surface area contributed by atoms with E-state index in [9.17, 15) is 4.79 Å². The van der Waals surface area contributed by atoms with E-state index in [-0.39, 0.29) is 5.91 Å². The molecule has 0 saturated heterocycles. The molecule has 1 heterocycles. The highest BCUT2D eigenvalue weighted by molar-refractivity contribution is 14.1. The maximum Gasteiger partial charge on any atom is 0.242 e. The Morgan fingerprint density at radius 3 is 2.70 bits per heavy atom. The second-order valence-electron chi connectivity index (χ2n) is 4.45. The average molecular weight is 406 g/mol. The van der Waals surface area contributed by atoms with Gasteiger partial charge in [0.05, 0.1) is 16.9 Å². The van der Waals surface area contributed by atoms with Crippen LogP contribution in [0, 0.1) is 3.57 Å². The van der Waals surface area contributed by atoms with Crippen LogP contribution in [0.1, 0.15) is 19.7 Å². The summed E-state index contributed by atoms with van der Waals surface area (Å²) in [5.41, 5.74) is 1.85. The number of carbonyl (C=O) groups excluding carboxylic acids is 1. The van der Waals surface area contributed by atoms with Gasteiger partial charge in [-0.2, -0.15) is 0 Å². The van der Waals surface area contributed by atoms with Gasteiger partial charge in [-0.15, -0.1) is 11.6 Å². The number of amides is 1. The fraction of sp³-hybridized carbons (Fsp3) is 0.429. The van der Waals surface area contributed by atoms with Gasteiger partial charge in [-0.25, -0.2) is 4.98 Å². The number of fused-ring (bicyclic) bond motifs is 1. The molecular weight excluding hydrogens is 389 g/mol. The highest BCUT2D eigenvalue weighted by Crippen LogP contribution is 2.20. The van der Waals surface area contributed by atoms with Crippen LogP contribution in [-0.2, 0) is 17.2 Å². The Labute approximate surface area is 137 Å². The van der Waals surface area contributed by atoms with E-state index >= 15 is 0 Å². The number of aromatic nitrogens is 2. The van der Waals surface area contributed by atoms with Crippen molar-refractivity contribution in [3.05, 3.63) is 27.6 Å². The summed E-state index contributed by atoms with van der Waals surface area (Å²) in [6, 6.07) is 6.01. The van der Waals surface area contributed by atoms with Crippen LogP contribution in [0.3, 0.4) is 0 Å². The molecule has 0 unspecified atom stereocenters. The van der Waals surface area contributed by atoms with Crippen molar-refractivity contribution in [1.29, 1.82) is 0 Å². The number of carbonyl (C=O) groups is 1. The first kappa shape index (κ1) is 15.6. The summed E-state index contributed by atoms with van der Waals surface area (Å²) < 4.78 is 3.04. The van der Waals surface area contributed by atoms with Gasteiger partial charge in [0.25, 0.3) is 0 Å². The molecule has 2 rings (SSSR count). The molecule has 2 aromatic rings. The zero-order valence-electron chi connectivity index (χ0n) is 11.6. The van der Waals surface area contributed by atoms with Crippen molar-refractivity contribution in [2.24, 2.45) is 0 Å². The molecule has 4 nitrogen and oxygen atoms in total. The summed E-state index contributed by atoms with van der Waals surface area (Å²) in [7, 11) is 0. The monoisotopic (exact) mass is 405 g/mol. The second kappa shape index (κ2) is 6.76. The molecule has 0 radical (unpaired) electrons. The summed E-state index contributed by atoms with van der Waals surface area (Å²) in [4.78, 5) is 18.6. The zero-order chi connectivity index (χ0) is 14.7. The number of benzene rings is 1. The first-order valence-electron chi connectivity index (χ1n) is 6.59. The van der Waals surface area contributed by atoms with Crippen LogP contribution in [0.5, 0.6) is 0 Å². The molecule has 0 spiro atoms. The molecule has 20 heavy (non-hydrogen) atoms. The molecule has 1 aromatic carbocycles. The van der Waals surface area contributed by atoms with Crippen molar-refractivity contribution >= 4 is 51.1 Å². The lowest BCUT2D eigenvalue weighted by Crippen LogP contribution is -2.33. The number of likely N-dealkylation sites (N-methyl/N-ethyl adjacent to an activating group) is 1. The normalized spacial score (nSPS) is 11.0. The van der Waals surface area contributed by atoms with Gasteiger partial charge in [0, 0.05) is 16.7 Å². The lowest BCUT2D eigenvalue weighted by molar-refractivity contribution is -0.131. The lowest BCUT2D eigenvalue weighted by Gasteiger charge is -2.19. The first-order valence-corrected chi connectivity index (χ1v) is 8.20. The van der Waals surface area contributed by atoms with Gasteiger partial charge in [0.1, 0.15) is 12.4 Å². The highest BCUT2D eigenvalue weighted by Gasteiger charge is 2.16. The third-order valence-electron chi connectivity index (χ3n) is 3.32. The number of alkyl halides is 1. The van der Waals surface area contributed by atoms with E-state index in [1.54, 1.807) is 0 Å². The Bertz CT molecular complexity index is 622. The molecule has 0 saturated carbocycles. The standard InChI is InChI=1S/C14H17ClIN3O/c1-3-18(4-2)14(20)9-19-12-6-5-10(16)7-11(12)17-13(19)8-15/h5-7H,3-4,8-9H2,1-2H3. The summed E-state index contributed by atoms with van der Waals surface area (Å²) in [5, 5.41) is 0.